The largest absolute Gasteiger partial charge is 0.433 e. The molecule has 114 valence electrons. The molecule has 2 rings (SSSR count). The SMILES string of the molecule is CNc1nc(NC(C)c2nc(C)cs2)cc(C(F)(F)F)n1. The lowest BCUT2D eigenvalue weighted by molar-refractivity contribution is -0.141. The number of rotatable bonds is 4. The van der Waals surface area contributed by atoms with Crippen LogP contribution in [0.3, 0.4) is 0 Å². The van der Waals surface area contributed by atoms with E-state index in [2.05, 4.69) is 25.6 Å². The minimum atomic E-state index is -4.52. The van der Waals surface area contributed by atoms with Crippen molar-refractivity contribution in [2.45, 2.75) is 26.1 Å². The maximum absolute atomic E-state index is 12.8. The maximum Gasteiger partial charge on any atom is 0.433 e. The zero-order valence-corrected chi connectivity index (χ0v) is 12.4. The van der Waals surface area contributed by atoms with Crippen molar-refractivity contribution in [2.24, 2.45) is 0 Å². The van der Waals surface area contributed by atoms with Crippen LogP contribution in [0, 0.1) is 6.92 Å². The fourth-order valence-electron chi connectivity index (χ4n) is 1.63. The van der Waals surface area contributed by atoms with Crippen molar-refractivity contribution in [1.29, 1.82) is 0 Å². The molecule has 2 aromatic rings. The van der Waals surface area contributed by atoms with Crippen molar-refractivity contribution in [1.82, 2.24) is 15.0 Å². The number of aryl methyl sites for hydroxylation is 1. The van der Waals surface area contributed by atoms with E-state index >= 15 is 0 Å². The van der Waals surface area contributed by atoms with Gasteiger partial charge in [-0.05, 0) is 13.8 Å². The Hall–Kier alpha value is -1.90. The summed E-state index contributed by atoms with van der Waals surface area (Å²) in [6, 6.07) is 0.641. The Morgan fingerprint density at radius 3 is 2.48 bits per heavy atom. The predicted molar refractivity (Wildman–Crippen MR) is 75.5 cm³/mol. The van der Waals surface area contributed by atoms with Gasteiger partial charge in [0, 0.05) is 24.2 Å². The van der Waals surface area contributed by atoms with E-state index in [0.29, 0.717) is 0 Å². The first-order valence-corrected chi connectivity index (χ1v) is 7.00. The van der Waals surface area contributed by atoms with E-state index in [0.717, 1.165) is 16.8 Å². The molecule has 0 saturated heterocycles. The molecular formula is C12H14F3N5S. The Morgan fingerprint density at radius 2 is 1.95 bits per heavy atom. The number of nitrogens with zero attached hydrogens (tertiary/aromatic N) is 3. The van der Waals surface area contributed by atoms with Crippen LogP contribution in [0.4, 0.5) is 24.9 Å². The van der Waals surface area contributed by atoms with Gasteiger partial charge in [0.05, 0.1) is 6.04 Å². The summed E-state index contributed by atoms with van der Waals surface area (Å²) in [6.07, 6.45) is -4.52. The molecule has 5 nitrogen and oxygen atoms in total. The lowest BCUT2D eigenvalue weighted by atomic mass is 10.3. The average molecular weight is 317 g/mol. The number of thiazole rings is 1. The zero-order chi connectivity index (χ0) is 15.6. The van der Waals surface area contributed by atoms with Gasteiger partial charge in [-0.3, -0.25) is 0 Å². The van der Waals surface area contributed by atoms with Gasteiger partial charge in [0.25, 0.3) is 0 Å². The highest BCUT2D eigenvalue weighted by molar-refractivity contribution is 7.09. The Morgan fingerprint density at radius 1 is 1.24 bits per heavy atom. The zero-order valence-electron chi connectivity index (χ0n) is 11.6. The molecule has 2 N–H and O–H groups in total. The van der Waals surface area contributed by atoms with E-state index in [1.807, 2.05) is 19.2 Å². The highest BCUT2D eigenvalue weighted by Crippen LogP contribution is 2.30. The molecule has 0 aliphatic heterocycles. The molecule has 1 unspecified atom stereocenters. The molecule has 9 heteroatoms. The summed E-state index contributed by atoms with van der Waals surface area (Å²) in [6.45, 7) is 3.67. The van der Waals surface area contributed by atoms with Crippen molar-refractivity contribution in [3.63, 3.8) is 0 Å². The standard InChI is InChI=1S/C12H14F3N5S/c1-6-5-21-10(17-6)7(2)18-9-4-8(12(13,14)15)19-11(16-3)20-9/h4-5,7H,1-3H3,(H2,16,18,19,20). The lowest BCUT2D eigenvalue weighted by Gasteiger charge is -2.14. The molecule has 0 saturated carbocycles. The third-order valence-corrected chi connectivity index (χ3v) is 3.76. The Bertz CT molecular complexity index is 626. The minimum Gasteiger partial charge on any atom is -0.361 e. The van der Waals surface area contributed by atoms with Gasteiger partial charge in [0.1, 0.15) is 10.8 Å². The van der Waals surface area contributed by atoms with Crippen LogP contribution < -0.4 is 10.6 Å². The van der Waals surface area contributed by atoms with Gasteiger partial charge in [-0.25, -0.2) is 9.97 Å². The van der Waals surface area contributed by atoms with E-state index in [1.165, 1.54) is 18.4 Å². The predicted octanol–water partition coefficient (Wildman–Crippen LogP) is 3.48. The lowest BCUT2D eigenvalue weighted by Crippen LogP contribution is -2.14. The van der Waals surface area contributed by atoms with Gasteiger partial charge >= 0.3 is 6.18 Å². The molecule has 2 aromatic heterocycles. The summed E-state index contributed by atoms with van der Waals surface area (Å²) >= 11 is 1.44. The first kappa shape index (κ1) is 15.5. The number of halogens is 3. The number of hydrogen-bond donors (Lipinski definition) is 2. The quantitative estimate of drug-likeness (QED) is 0.904. The van der Waals surface area contributed by atoms with Crippen molar-refractivity contribution < 1.29 is 13.2 Å². The van der Waals surface area contributed by atoms with Crippen LogP contribution in [0.2, 0.25) is 0 Å². The van der Waals surface area contributed by atoms with Crippen LogP contribution in [0.1, 0.15) is 29.4 Å². The Labute approximate surface area is 123 Å². The number of aromatic nitrogens is 3. The molecule has 0 spiro atoms. The molecule has 2 heterocycles. The summed E-state index contributed by atoms with van der Waals surface area (Å²) < 4.78 is 38.4. The van der Waals surface area contributed by atoms with E-state index in [9.17, 15) is 13.2 Å². The Balaban J connectivity index is 2.27. The van der Waals surface area contributed by atoms with Crippen molar-refractivity contribution in [2.75, 3.05) is 17.7 Å². The van der Waals surface area contributed by atoms with Crippen molar-refractivity contribution in [3.8, 4) is 0 Å². The molecule has 0 aliphatic rings. The Kier molecular flexibility index (Phi) is 4.31. The van der Waals surface area contributed by atoms with Crippen LogP contribution >= 0.6 is 11.3 Å². The molecule has 0 radical (unpaired) electrons. The fourth-order valence-corrected chi connectivity index (χ4v) is 2.44. The van der Waals surface area contributed by atoms with Gasteiger partial charge in [-0.1, -0.05) is 0 Å². The molecule has 0 fully saturated rings. The molecule has 0 aliphatic carbocycles. The molecule has 0 bridgehead atoms. The first-order valence-electron chi connectivity index (χ1n) is 6.12. The maximum atomic E-state index is 12.8. The van der Waals surface area contributed by atoms with Gasteiger partial charge in [-0.15, -0.1) is 11.3 Å². The van der Waals surface area contributed by atoms with E-state index in [4.69, 9.17) is 0 Å². The van der Waals surface area contributed by atoms with Gasteiger partial charge in [0.15, 0.2) is 5.69 Å². The fraction of sp³-hybridized carbons (Fsp3) is 0.417. The molecule has 1 atom stereocenters. The van der Waals surface area contributed by atoms with Crippen molar-refractivity contribution in [3.05, 3.63) is 27.8 Å². The number of anilines is 2. The number of alkyl halides is 3. The monoisotopic (exact) mass is 317 g/mol. The second kappa shape index (κ2) is 5.84. The normalized spacial score (nSPS) is 13.0. The molecule has 0 amide bonds. The van der Waals surface area contributed by atoms with Crippen LogP contribution in [0.5, 0.6) is 0 Å². The molecule has 0 aromatic carbocycles. The highest BCUT2D eigenvalue weighted by atomic mass is 32.1. The topological polar surface area (TPSA) is 62.7 Å². The van der Waals surface area contributed by atoms with Crippen LogP contribution in [-0.2, 0) is 6.18 Å². The average Bonchev–Trinajstić information content (AvgIpc) is 2.84. The third kappa shape index (κ3) is 3.81. The van der Waals surface area contributed by atoms with Crippen LogP contribution in [0.15, 0.2) is 11.4 Å². The van der Waals surface area contributed by atoms with Gasteiger partial charge < -0.3 is 10.6 Å². The van der Waals surface area contributed by atoms with E-state index < -0.39 is 11.9 Å². The first-order chi connectivity index (χ1) is 9.79. The summed E-state index contributed by atoms with van der Waals surface area (Å²) in [7, 11) is 1.47. The summed E-state index contributed by atoms with van der Waals surface area (Å²) in [5, 5.41) is 8.10. The number of hydrogen-bond acceptors (Lipinski definition) is 6. The second-order valence-electron chi connectivity index (χ2n) is 4.40. The summed E-state index contributed by atoms with van der Waals surface area (Å²) in [4.78, 5) is 11.7. The number of nitrogens with one attached hydrogen (secondary N) is 2. The van der Waals surface area contributed by atoms with E-state index in [-0.39, 0.29) is 17.8 Å². The summed E-state index contributed by atoms with van der Waals surface area (Å²) in [5.41, 5.74) is -0.120. The second-order valence-corrected chi connectivity index (χ2v) is 5.29. The van der Waals surface area contributed by atoms with Crippen LogP contribution in [0.25, 0.3) is 0 Å². The van der Waals surface area contributed by atoms with E-state index in [1.54, 1.807) is 0 Å². The van der Waals surface area contributed by atoms with Crippen LogP contribution in [-0.4, -0.2) is 22.0 Å². The highest BCUT2D eigenvalue weighted by Gasteiger charge is 2.33. The molecule has 21 heavy (non-hydrogen) atoms. The van der Waals surface area contributed by atoms with Gasteiger partial charge in [0.2, 0.25) is 5.95 Å². The third-order valence-electron chi connectivity index (χ3n) is 2.61. The van der Waals surface area contributed by atoms with Crippen molar-refractivity contribution >= 4 is 23.1 Å². The molecular weight excluding hydrogens is 303 g/mol. The smallest absolute Gasteiger partial charge is 0.361 e. The summed E-state index contributed by atoms with van der Waals surface area (Å²) in [5.74, 6) is 0.0110. The van der Waals surface area contributed by atoms with Gasteiger partial charge in [-0.2, -0.15) is 18.2 Å². The minimum absolute atomic E-state index is 0.0881.